The molecule has 3 heteroatoms. The Labute approximate surface area is 435 Å². The summed E-state index contributed by atoms with van der Waals surface area (Å²) in [5.74, 6) is 3.52. The molecule has 0 radical (unpaired) electrons. The highest BCUT2D eigenvalue weighted by Gasteiger charge is 2.53. The molecule has 0 bridgehead atoms. The summed E-state index contributed by atoms with van der Waals surface area (Å²) >= 11 is 0. The van der Waals surface area contributed by atoms with Crippen LogP contribution in [0.3, 0.4) is 0 Å². The summed E-state index contributed by atoms with van der Waals surface area (Å²) in [5.41, 5.74) is 21.2. The highest BCUT2D eigenvalue weighted by atomic mass is 16.5. The largest absolute Gasteiger partial charge is 0.457 e. The Hall–Kier alpha value is -9.70. The van der Waals surface area contributed by atoms with Crippen molar-refractivity contribution in [1.82, 2.24) is 0 Å². The molecule has 0 atom stereocenters. The maximum Gasteiger partial charge on any atom is 0.132 e. The van der Waals surface area contributed by atoms with Gasteiger partial charge in [0.25, 0.3) is 0 Å². The van der Waals surface area contributed by atoms with Gasteiger partial charge in [0.15, 0.2) is 0 Å². The monoisotopic (exact) mass is 955 g/mol. The molecule has 2 aliphatic heterocycles. The third kappa shape index (κ3) is 5.75. The molecule has 12 aromatic carbocycles. The second kappa shape index (κ2) is 15.9. The van der Waals surface area contributed by atoms with Crippen molar-refractivity contribution in [3.8, 4) is 67.5 Å². The Balaban J connectivity index is 0.962. The average molecular weight is 956 g/mol. The van der Waals surface area contributed by atoms with E-state index < -0.39 is 10.8 Å². The lowest BCUT2D eigenvalue weighted by Crippen LogP contribution is -2.32. The van der Waals surface area contributed by atoms with Gasteiger partial charge >= 0.3 is 0 Å². The minimum atomic E-state index is -0.635. The Morgan fingerprint density at radius 3 is 1.27 bits per heavy atom. The molecule has 350 valence electrons. The van der Waals surface area contributed by atoms with E-state index in [1.54, 1.807) is 0 Å². The van der Waals surface area contributed by atoms with E-state index in [1.807, 2.05) is 0 Å². The minimum Gasteiger partial charge on any atom is -0.457 e. The van der Waals surface area contributed by atoms with Crippen molar-refractivity contribution in [2.24, 2.45) is 0 Å². The molecule has 75 heavy (non-hydrogen) atoms. The van der Waals surface area contributed by atoms with Crippen molar-refractivity contribution in [3.05, 3.63) is 317 Å². The van der Waals surface area contributed by atoms with Crippen molar-refractivity contribution in [2.75, 3.05) is 4.90 Å². The van der Waals surface area contributed by atoms with E-state index >= 15 is 0 Å². The van der Waals surface area contributed by atoms with Crippen LogP contribution in [0.2, 0.25) is 0 Å². The smallest absolute Gasteiger partial charge is 0.132 e. The summed E-state index contributed by atoms with van der Waals surface area (Å²) in [5, 5.41) is 2.37. The predicted molar refractivity (Wildman–Crippen MR) is 304 cm³/mol. The third-order valence-corrected chi connectivity index (χ3v) is 16.6. The summed E-state index contributed by atoms with van der Waals surface area (Å²) in [6.07, 6.45) is 0. The molecule has 0 aromatic heterocycles. The molecule has 12 aromatic rings. The molecule has 0 amide bonds. The summed E-state index contributed by atoms with van der Waals surface area (Å²) < 4.78 is 13.5. The standard InChI is InChI=1S/C72H45NO2/c1-2-17-46(18-3-1)47-33-35-48(36-34-47)49-37-40-51(41-38-49)73(52-42-43-54-53-20-4-6-22-56(53)72(63(54)45-52)60-26-10-14-31-67(60)75-68-32-15-11-27-61(68)72)64-28-16-19-50-39-44-62-70(69(50)64)55-21-5-7-23-57(55)71(62)58-24-8-12-29-65(58)74-66-30-13-9-25-59(66)71/h1-45H. The van der Waals surface area contributed by atoms with E-state index in [-0.39, 0.29) is 0 Å². The Bertz CT molecular complexity index is 4220. The highest BCUT2D eigenvalue weighted by Crippen LogP contribution is 2.65. The fraction of sp³-hybridized carbons (Fsp3) is 0.0278. The van der Waals surface area contributed by atoms with Crippen LogP contribution in [-0.4, -0.2) is 0 Å². The topological polar surface area (TPSA) is 21.7 Å². The average Bonchev–Trinajstić information content (AvgIpc) is 4.13. The van der Waals surface area contributed by atoms with Crippen molar-refractivity contribution in [3.63, 3.8) is 0 Å². The number of anilines is 3. The van der Waals surface area contributed by atoms with Crippen molar-refractivity contribution < 1.29 is 9.47 Å². The lowest BCUT2D eigenvalue weighted by molar-refractivity contribution is 0.436. The number of nitrogens with zero attached hydrogens (tertiary/aromatic N) is 1. The zero-order chi connectivity index (χ0) is 49.2. The summed E-state index contributed by atoms with van der Waals surface area (Å²) in [6, 6.07) is 100. The van der Waals surface area contributed by atoms with Gasteiger partial charge in [0.05, 0.1) is 16.5 Å². The fourth-order valence-electron chi connectivity index (χ4n) is 13.6. The van der Waals surface area contributed by atoms with Crippen LogP contribution in [0.25, 0.3) is 55.3 Å². The Morgan fingerprint density at radius 1 is 0.267 bits per heavy atom. The zero-order valence-electron chi connectivity index (χ0n) is 40.7. The quantitative estimate of drug-likeness (QED) is 0.172. The van der Waals surface area contributed by atoms with Gasteiger partial charge in [-0.1, -0.05) is 218 Å². The van der Waals surface area contributed by atoms with Gasteiger partial charge in [-0.25, -0.2) is 0 Å². The molecule has 0 saturated heterocycles. The summed E-state index contributed by atoms with van der Waals surface area (Å²) in [6.45, 7) is 0. The van der Waals surface area contributed by atoms with Crippen LogP contribution in [0.1, 0.15) is 44.5 Å². The lowest BCUT2D eigenvalue weighted by Gasteiger charge is -2.40. The molecule has 0 saturated carbocycles. The zero-order valence-corrected chi connectivity index (χ0v) is 40.7. The minimum absolute atomic E-state index is 0.614. The van der Waals surface area contributed by atoms with E-state index in [9.17, 15) is 0 Å². The van der Waals surface area contributed by atoms with Gasteiger partial charge in [0.2, 0.25) is 0 Å². The molecule has 2 heterocycles. The molecule has 3 nitrogen and oxygen atoms in total. The molecule has 0 fully saturated rings. The first-order valence-corrected chi connectivity index (χ1v) is 25.9. The van der Waals surface area contributed by atoms with Gasteiger partial charge in [-0.3, -0.25) is 0 Å². The van der Waals surface area contributed by atoms with Crippen LogP contribution >= 0.6 is 0 Å². The second-order valence-corrected chi connectivity index (χ2v) is 20.2. The SMILES string of the molecule is c1ccc(-c2ccc(-c3ccc(N(c4ccc5c(c4)C4(c6ccccc6Oc6ccccc64)c4ccccc4-5)c4cccc5ccc6c(c45)-c4ccccc4C64c5ccccc5Oc5ccccc54)cc3)cc2)cc1. The molecule has 16 rings (SSSR count). The van der Waals surface area contributed by atoms with Gasteiger partial charge in [0, 0.05) is 39.0 Å². The van der Waals surface area contributed by atoms with E-state index in [0.717, 1.165) is 67.9 Å². The van der Waals surface area contributed by atoms with Crippen molar-refractivity contribution >= 4 is 27.8 Å². The van der Waals surface area contributed by atoms with Gasteiger partial charge in [-0.2, -0.15) is 0 Å². The first kappa shape index (κ1) is 41.9. The van der Waals surface area contributed by atoms with Crippen molar-refractivity contribution in [2.45, 2.75) is 10.8 Å². The first-order chi connectivity index (χ1) is 37.2. The number of para-hydroxylation sites is 4. The number of benzene rings is 12. The van der Waals surface area contributed by atoms with E-state index in [1.165, 1.54) is 72.0 Å². The van der Waals surface area contributed by atoms with E-state index in [0.29, 0.717) is 0 Å². The first-order valence-electron chi connectivity index (χ1n) is 25.9. The molecule has 2 spiro atoms. The van der Waals surface area contributed by atoms with Gasteiger partial charge in [-0.05, 0) is 127 Å². The number of hydrogen-bond acceptors (Lipinski definition) is 3. The Morgan fingerprint density at radius 2 is 0.693 bits per heavy atom. The predicted octanol–water partition coefficient (Wildman–Crippen LogP) is 18.6. The maximum atomic E-state index is 6.78. The van der Waals surface area contributed by atoms with Gasteiger partial charge in [0.1, 0.15) is 23.0 Å². The molecule has 2 aliphatic carbocycles. The number of hydrogen-bond donors (Lipinski definition) is 0. The van der Waals surface area contributed by atoms with Crippen LogP contribution in [-0.2, 0) is 10.8 Å². The summed E-state index contributed by atoms with van der Waals surface area (Å²) in [4.78, 5) is 2.51. The molecular weight excluding hydrogens is 911 g/mol. The number of rotatable bonds is 5. The normalized spacial score (nSPS) is 14.0. The van der Waals surface area contributed by atoms with E-state index in [2.05, 4.69) is 278 Å². The fourth-order valence-corrected chi connectivity index (χ4v) is 13.6. The summed E-state index contributed by atoms with van der Waals surface area (Å²) in [7, 11) is 0. The highest BCUT2D eigenvalue weighted by molar-refractivity contribution is 6.12. The van der Waals surface area contributed by atoms with Gasteiger partial charge in [-0.15, -0.1) is 0 Å². The van der Waals surface area contributed by atoms with Gasteiger partial charge < -0.3 is 14.4 Å². The Kier molecular flexibility index (Phi) is 8.88. The van der Waals surface area contributed by atoms with Crippen LogP contribution in [0, 0.1) is 0 Å². The molecular formula is C72H45NO2. The maximum absolute atomic E-state index is 6.78. The second-order valence-electron chi connectivity index (χ2n) is 20.2. The van der Waals surface area contributed by atoms with Crippen LogP contribution < -0.4 is 14.4 Å². The lowest BCUT2D eigenvalue weighted by atomic mass is 9.66. The third-order valence-electron chi connectivity index (χ3n) is 16.6. The molecule has 0 N–H and O–H groups in total. The van der Waals surface area contributed by atoms with Crippen LogP contribution in [0.4, 0.5) is 17.1 Å². The van der Waals surface area contributed by atoms with Crippen LogP contribution in [0.5, 0.6) is 23.0 Å². The number of ether oxygens (including phenoxy) is 2. The van der Waals surface area contributed by atoms with E-state index in [4.69, 9.17) is 9.47 Å². The van der Waals surface area contributed by atoms with Crippen molar-refractivity contribution in [1.29, 1.82) is 0 Å². The molecule has 4 aliphatic rings. The van der Waals surface area contributed by atoms with Crippen LogP contribution in [0.15, 0.2) is 273 Å². The molecule has 0 unspecified atom stereocenters. The number of fused-ring (bicyclic) bond motifs is 20.